The van der Waals surface area contributed by atoms with E-state index in [0.717, 1.165) is 12.3 Å². The molecule has 0 rings (SSSR count). The van der Waals surface area contributed by atoms with Crippen LogP contribution in [0.5, 0.6) is 0 Å². The number of carbonyl (C=O) groups is 1. The Balaban J connectivity index is 3.26. The van der Waals surface area contributed by atoms with Gasteiger partial charge in [0.1, 0.15) is 0 Å². The van der Waals surface area contributed by atoms with Crippen LogP contribution in [-0.4, -0.2) is 43.0 Å². The predicted octanol–water partition coefficient (Wildman–Crippen LogP) is 0.727. The molecule has 0 bridgehead atoms. The number of hydrogen-bond acceptors (Lipinski definition) is 3. The van der Waals surface area contributed by atoms with Gasteiger partial charge in [0.15, 0.2) is 0 Å². The molecule has 0 aromatic carbocycles. The van der Waals surface area contributed by atoms with Crippen LogP contribution in [0.4, 0.5) is 0 Å². The lowest BCUT2D eigenvalue weighted by Gasteiger charge is -2.06. The first kappa shape index (κ1) is 10.5. The van der Waals surface area contributed by atoms with Gasteiger partial charge in [-0.05, 0) is 14.1 Å². The summed E-state index contributed by atoms with van der Waals surface area (Å²) >= 11 is 1.23. The SMILES string of the molecule is [C-]#[N+]CC(=O)SCCN(C)C. The summed E-state index contributed by atoms with van der Waals surface area (Å²) in [7, 11) is 3.92. The van der Waals surface area contributed by atoms with Crippen molar-refractivity contribution >= 4 is 16.9 Å². The molecule has 0 aliphatic rings. The monoisotopic (exact) mass is 172 g/mol. The second-order valence-corrected chi connectivity index (χ2v) is 3.49. The highest BCUT2D eigenvalue weighted by molar-refractivity contribution is 8.13. The zero-order chi connectivity index (χ0) is 8.69. The van der Waals surface area contributed by atoms with Crippen LogP contribution in [0.1, 0.15) is 0 Å². The standard InChI is InChI=1S/C7H12N2OS/c1-8-6-7(10)11-5-4-9(2)3/h4-6H2,2-3H3. The molecule has 62 valence electrons. The third-order valence-electron chi connectivity index (χ3n) is 1.01. The zero-order valence-corrected chi connectivity index (χ0v) is 7.65. The minimum Gasteiger partial charge on any atom is -0.309 e. The fourth-order valence-corrected chi connectivity index (χ4v) is 1.29. The maximum absolute atomic E-state index is 10.8. The van der Waals surface area contributed by atoms with Crippen molar-refractivity contribution < 1.29 is 4.79 Å². The summed E-state index contributed by atoms with van der Waals surface area (Å²) < 4.78 is 0. The minimum absolute atomic E-state index is 0.0120. The molecule has 0 saturated carbocycles. The van der Waals surface area contributed by atoms with Gasteiger partial charge in [0, 0.05) is 12.3 Å². The number of rotatable bonds is 4. The first-order chi connectivity index (χ1) is 5.16. The van der Waals surface area contributed by atoms with Crippen LogP contribution >= 0.6 is 11.8 Å². The maximum atomic E-state index is 10.8. The van der Waals surface area contributed by atoms with E-state index in [1.165, 1.54) is 11.8 Å². The highest BCUT2D eigenvalue weighted by Crippen LogP contribution is 2.01. The van der Waals surface area contributed by atoms with E-state index in [4.69, 9.17) is 6.57 Å². The Labute approximate surface area is 71.6 Å². The second-order valence-electron chi connectivity index (χ2n) is 2.34. The van der Waals surface area contributed by atoms with E-state index in [-0.39, 0.29) is 11.7 Å². The number of thioether (sulfide) groups is 1. The van der Waals surface area contributed by atoms with Crippen LogP contribution in [0.25, 0.3) is 4.85 Å². The molecule has 0 heterocycles. The van der Waals surface area contributed by atoms with Crippen LogP contribution < -0.4 is 0 Å². The first-order valence-corrected chi connectivity index (χ1v) is 4.29. The van der Waals surface area contributed by atoms with E-state index in [1.807, 2.05) is 19.0 Å². The van der Waals surface area contributed by atoms with E-state index in [1.54, 1.807) is 0 Å². The Morgan fingerprint density at radius 1 is 1.64 bits per heavy atom. The average Bonchev–Trinajstić information content (AvgIpc) is 1.87. The van der Waals surface area contributed by atoms with Gasteiger partial charge in [0.2, 0.25) is 0 Å². The molecule has 0 saturated heterocycles. The first-order valence-electron chi connectivity index (χ1n) is 3.30. The topological polar surface area (TPSA) is 24.7 Å². The Kier molecular flexibility index (Phi) is 5.90. The Bertz CT molecular complexity index is 162. The molecule has 11 heavy (non-hydrogen) atoms. The molecule has 0 atom stereocenters. The summed E-state index contributed by atoms with van der Waals surface area (Å²) in [6, 6.07) is 0. The quantitative estimate of drug-likeness (QED) is 0.584. The largest absolute Gasteiger partial charge is 0.309 e. The number of carbonyl (C=O) groups excluding carboxylic acids is 1. The Morgan fingerprint density at radius 3 is 2.73 bits per heavy atom. The fourth-order valence-electron chi connectivity index (χ4n) is 0.452. The molecule has 0 radical (unpaired) electrons. The van der Waals surface area contributed by atoms with Crippen molar-refractivity contribution in [2.45, 2.75) is 0 Å². The summed E-state index contributed by atoms with van der Waals surface area (Å²) in [5.74, 6) is 0.779. The predicted molar refractivity (Wildman–Crippen MR) is 47.5 cm³/mol. The van der Waals surface area contributed by atoms with E-state index < -0.39 is 0 Å². The lowest BCUT2D eigenvalue weighted by Crippen LogP contribution is -2.15. The van der Waals surface area contributed by atoms with Crippen molar-refractivity contribution in [3.63, 3.8) is 0 Å². The molecular weight excluding hydrogens is 160 g/mol. The van der Waals surface area contributed by atoms with Crippen LogP contribution in [0.3, 0.4) is 0 Å². The second kappa shape index (κ2) is 6.20. The minimum atomic E-state index is -0.0261. The number of hydrogen-bond donors (Lipinski definition) is 0. The van der Waals surface area contributed by atoms with Gasteiger partial charge in [-0.1, -0.05) is 11.8 Å². The fraction of sp³-hybridized carbons (Fsp3) is 0.714. The van der Waals surface area contributed by atoms with Gasteiger partial charge in [-0.3, -0.25) is 4.79 Å². The van der Waals surface area contributed by atoms with Crippen molar-refractivity contribution in [2.24, 2.45) is 0 Å². The third-order valence-corrected chi connectivity index (χ3v) is 1.85. The average molecular weight is 172 g/mol. The van der Waals surface area contributed by atoms with Crippen molar-refractivity contribution in [3.05, 3.63) is 11.4 Å². The van der Waals surface area contributed by atoms with Crippen molar-refractivity contribution in [2.75, 3.05) is 32.9 Å². The molecule has 0 aromatic heterocycles. The summed E-state index contributed by atoms with van der Waals surface area (Å²) in [5, 5.41) is -0.0261. The van der Waals surface area contributed by atoms with E-state index in [2.05, 4.69) is 4.85 Å². The smallest absolute Gasteiger partial charge is 0.282 e. The van der Waals surface area contributed by atoms with Gasteiger partial charge in [-0.25, -0.2) is 6.57 Å². The lowest BCUT2D eigenvalue weighted by atomic mass is 10.7. The van der Waals surface area contributed by atoms with Crippen LogP contribution in [0.2, 0.25) is 0 Å². The normalized spacial score (nSPS) is 9.64. The van der Waals surface area contributed by atoms with Gasteiger partial charge in [-0.2, -0.15) is 0 Å². The number of nitrogens with zero attached hydrogens (tertiary/aromatic N) is 2. The zero-order valence-electron chi connectivity index (χ0n) is 6.83. The van der Waals surface area contributed by atoms with Crippen LogP contribution in [0.15, 0.2) is 0 Å². The van der Waals surface area contributed by atoms with Gasteiger partial charge in [0.05, 0.1) is 0 Å². The summed E-state index contributed by atoms with van der Waals surface area (Å²) in [6.07, 6.45) is 0. The van der Waals surface area contributed by atoms with Crippen molar-refractivity contribution in [1.29, 1.82) is 0 Å². The molecule has 3 nitrogen and oxygen atoms in total. The van der Waals surface area contributed by atoms with Crippen LogP contribution in [0, 0.1) is 6.57 Å². The van der Waals surface area contributed by atoms with E-state index in [0.29, 0.717) is 0 Å². The van der Waals surface area contributed by atoms with Crippen molar-refractivity contribution in [1.82, 2.24) is 4.90 Å². The van der Waals surface area contributed by atoms with Gasteiger partial charge in [-0.15, -0.1) is 0 Å². The summed E-state index contributed by atoms with van der Waals surface area (Å²) in [5.41, 5.74) is 0. The van der Waals surface area contributed by atoms with E-state index >= 15 is 0 Å². The van der Waals surface area contributed by atoms with Crippen LogP contribution in [-0.2, 0) is 4.79 Å². The lowest BCUT2D eigenvalue weighted by molar-refractivity contribution is -0.109. The van der Waals surface area contributed by atoms with Gasteiger partial charge < -0.3 is 9.74 Å². The molecule has 0 amide bonds. The molecular formula is C7H12N2OS. The highest BCUT2D eigenvalue weighted by atomic mass is 32.2. The maximum Gasteiger partial charge on any atom is 0.282 e. The Hall–Kier alpha value is -0.530. The van der Waals surface area contributed by atoms with Gasteiger partial charge in [0.25, 0.3) is 11.7 Å². The molecule has 0 aromatic rings. The molecule has 0 fully saturated rings. The highest BCUT2D eigenvalue weighted by Gasteiger charge is 2.03. The molecule has 4 heteroatoms. The molecule has 0 spiro atoms. The van der Waals surface area contributed by atoms with E-state index in [9.17, 15) is 4.79 Å². The molecule has 0 aliphatic heterocycles. The van der Waals surface area contributed by atoms with Crippen molar-refractivity contribution in [3.8, 4) is 0 Å². The molecule has 0 aliphatic carbocycles. The molecule has 0 N–H and O–H groups in total. The molecule has 0 unspecified atom stereocenters. The Morgan fingerprint density at radius 2 is 2.27 bits per heavy atom. The summed E-state index contributed by atoms with van der Waals surface area (Å²) in [4.78, 5) is 15.8. The third kappa shape index (κ3) is 7.37. The summed E-state index contributed by atoms with van der Waals surface area (Å²) in [6.45, 7) is 7.33. The van der Waals surface area contributed by atoms with Gasteiger partial charge >= 0.3 is 0 Å².